The summed E-state index contributed by atoms with van der Waals surface area (Å²) >= 11 is 0. The molecule has 0 N–H and O–H groups in total. The largest absolute Gasteiger partial charge is 0.501 e. The summed E-state index contributed by atoms with van der Waals surface area (Å²) in [5.74, 6) is 1.34. The Balaban J connectivity index is 0.000000228. The molecule has 0 aliphatic rings. The summed E-state index contributed by atoms with van der Waals surface area (Å²) in [4.78, 5) is 9.73. The first-order valence-electron chi connectivity index (χ1n) is 27.1. The van der Waals surface area contributed by atoms with Gasteiger partial charge in [-0.05, 0) is 120 Å². The van der Waals surface area contributed by atoms with E-state index in [1.54, 1.807) is 12.1 Å². The van der Waals surface area contributed by atoms with Gasteiger partial charge < -0.3 is 14.0 Å². The van der Waals surface area contributed by atoms with Crippen LogP contribution in [0.3, 0.4) is 0 Å². The summed E-state index contributed by atoms with van der Waals surface area (Å²) in [5.41, 5.74) is 12.8. The number of aryl methyl sites for hydroxylation is 2. The molecule has 12 rings (SSSR count). The van der Waals surface area contributed by atoms with Crippen LogP contribution in [0.15, 0.2) is 174 Å². The summed E-state index contributed by atoms with van der Waals surface area (Å²) in [6.45, 7) is 10.6. The van der Waals surface area contributed by atoms with Crippen molar-refractivity contribution in [3.63, 3.8) is 0 Å². The average molecular weight is 1110 g/mol. The van der Waals surface area contributed by atoms with E-state index in [-0.39, 0.29) is 48.5 Å². The quantitative estimate of drug-likeness (QED) is 0.123. The first kappa shape index (κ1) is 40.5. The molecule has 353 valence electrons. The van der Waals surface area contributed by atoms with Crippen molar-refractivity contribution >= 4 is 65.3 Å². The van der Waals surface area contributed by atoms with Gasteiger partial charge in [0, 0.05) is 51.0 Å². The van der Waals surface area contributed by atoms with Crippen LogP contribution in [0, 0.1) is 25.8 Å². The number of rotatable bonds is 6. The van der Waals surface area contributed by atoms with Gasteiger partial charge in [0.25, 0.3) is 0 Å². The van der Waals surface area contributed by atoms with Gasteiger partial charge in [-0.2, -0.15) is 0 Å². The van der Waals surface area contributed by atoms with E-state index in [0.717, 1.165) is 44.4 Å². The molecule has 0 fully saturated rings. The van der Waals surface area contributed by atoms with Crippen molar-refractivity contribution in [2.24, 2.45) is 0 Å². The third-order valence-corrected chi connectivity index (χ3v) is 13.6. The molecule has 0 spiro atoms. The van der Waals surface area contributed by atoms with Gasteiger partial charge in [-0.25, -0.2) is 0 Å². The van der Waals surface area contributed by atoms with Crippen LogP contribution in [-0.2, 0) is 25.5 Å². The molecule has 0 bridgehead atoms. The Morgan fingerprint density at radius 3 is 2.00 bits per heavy atom. The van der Waals surface area contributed by atoms with Crippen molar-refractivity contribution in [3.8, 4) is 39.5 Å². The molecule has 9 aromatic carbocycles. The van der Waals surface area contributed by atoms with E-state index in [0.29, 0.717) is 16.8 Å². The summed E-state index contributed by atoms with van der Waals surface area (Å²) in [7, 11) is 0. The third-order valence-electron chi connectivity index (χ3n) is 13.6. The number of furan rings is 1. The van der Waals surface area contributed by atoms with Crippen LogP contribution in [-0.4, -0.2) is 14.5 Å². The number of benzene rings is 9. The predicted molar refractivity (Wildman–Crippen MR) is 295 cm³/mol. The Morgan fingerprint density at radius 2 is 1.31 bits per heavy atom. The molecule has 0 aliphatic carbocycles. The molecule has 71 heavy (non-hydrogen) atoms. The maximum Gasteiger partial charge on any atom is 0.121 e. The number of nitrogens with zero attached hydrogens (tertiary/aromatic N) is 3. The zero-order chi connectivity index (χ0) is 53.4. The molecule has 0 aliphatic heterocycles. The minimum absolute atomic E-state index is 0. The zero-order valence-corrected chi connectivity index (χ0v) is 43.3. The monoisotopic (exact) mass is 1110 g/mol. The second kappa shape index (κ2) is 18.9. The van der Waals surface area contributed by atoms with Gasteiger partial charge in [0.05, 0.1) is 22.4 Å². The summed E-state index contributed by atoms with van der Waals surface area (Å²) in [6.07, 6.45) is 1.38. The number of fused-ring (bicyclic) bond motifs is 9. The smallest absolute Gasteiger partial charge is 0.121 e. The van der Waals surface area contributed by atoms with Crippen LogP contribution < -0.4 is 0 Å². The second-order valence-electron chi connectivity index (χ2n) is 20.0. The molecule has 4 nitrogen and oxygen atoms in total. The fraction of sp³-hybridized carbons (Fsp3) is 0.182. The normalized spacial score (nSPS) is 13.5. The molecular formula is C66H57IrN3O-2. The van der Waals surface area contributed by atoms with Crippen molar-refractivity contribution < 1.29 is 32.7 Å². The van der Waals surface area contributed by atoms with Crippen molar-refractivity contribution in [1.82, 2.24) is 14.5 Å². The van der Waals surface area contributed by atoms with Gasteiger partial charge in [-0.3, -0.25) is 4.98 Å². The molecule has 3 aromatic heterocycles. The van der Waals surface area contributed by atoms with Crippen LogP contribution in [0.5, 0.6) is 0 Å². The SMILES string of the molecule is CC(C)c1cc(-c2ccccc2)cc(C(C)C)c1-n1c(-c2[c-]ccc3c2oc2cc4c(ccc5ccccc54)cc23)nc2ccc3ccccc3c21.[2H]C([2H])([2H])c1c[c-]c(-c2cc(C(C)(C)C)c(C([2H])([2H])[2H])cn2)cc1.[Ir]. The van der Waals surface area contributed by atoms with E-state index >= 15 is 0 Å². The molecule has 5 heteroatoms. The van der Waals surface area contributed by atoms with Crippen LogP contribution >= 0.6 is 0 Å². The number of imidazole rings is 1. The molecule has 1 radical (unpaired) electrons. The van der Waals surface area contributed by atoms with Crippen LogP contribution in [0.4, 0.5) is 0 Å². The van der Waals surface area contributed by atoms with Gasteiger partial charge in [-0.1, -0.05) is 169 Å². The van der Waals surface area contributed by atoms with Crippen molar-refractivity contribution in [1.29, 1.82) is 0 Å². The Labute approximate surface area is 439 Å². The standard InChI is InChI=1S/C49H37N2O.C17H20N.Ir/c1-29(2)40-26-35(31-13-6-5-7-14-31)27-41(30(3)4)46(40)51-47-37-18-11-9-16-33(37)23-24-44(47)50-49(51)39-20-12-19-38-43-25-34-22-21-32-15-8-10-17-36(32)42(34)28-45(43)52-48(38)39;1-12-6-8-14(9-7-12)16-10-15(17(3,4)5)13(2)11-18-16;/h5-19,21-30H,1-4H3;6-8,10-11H,1-5H3;/q2*-1;/i;1D3,2D3;. The topological polar surface area (TPSA) is 43.9 Å². The van der Waals surface area contributed by atoms with Crippen LogP contribution in [0.2, 0.25) is 0 Å². The molecule has 12 aromatic rings. The van der Waals surface area contributed by atoms with Crippen molar-refractivity contribution in [2.45, 2.75) is 79.4 Å². The van der Waals surface area contributed by atoms with Gasteiger partial charge in [0.1, 0.15) is 5.58 Å². The minimum atomic E-state index is -2.23. The Hall–Kier alpha value is -7.17. The second-order valence-corrected chi connectivity index (χ2v) is 20.0. The predicted octanol–water partition coefficient (Wildman–Crippen LogP) is 18.2. The Kier molecular flexibility index (Phi) is 10.8. The van der Waals surface area contributed by atoms with Crippen molar-refractivity contribution in [2.75, 3.05) is 0 Å². The average Bonchev–Trinajstić information content (AvgIpc) is 4.05. The number of hydrogen-bond donors (Lipinski definition) is 0. The molecule has 3 heterocycles. The summed E-state index contributed by atoms with van der Waals surface area (Å²) < 4.78 is 54.6. The maximum atomic E-state index is 7.69. The first-order chi connectivity index (χ1) is 36.2. The van der Waals surface area contributed by atoms with Crippen LogP contribution in [0.25, 0.3) is 105 Å². The van der Waals surface area contributed by atoms with E-state index in [1.165, 1.54) is 78.6 Å². The number of pyridine rings is 1. The summed E-state index contributed by atoms with van der Waals surface area (Å²) in [5, 5.41) is 9.36. The fourth-order valence-electron chi connectivity index (χ4n) is 10.1. The first-order valence-corrected chi connectivity index (χ1v) is 24.1. The molecule has 0 amide bonds. The van der Waals surface area contributed by atoms with E-state index in [1.807, 2.05) is 26.8 Å². The fourth-order valence-corrected chi connectivity index (χ4v) is 10.1. The van der Waals surface area contributed by atoms with Gasteiger partial charge in [0.2, 0.25) is 0 Å². The molecular weight excluding hydrogens is 1040 g/mol. The molecule has 0 unspecified atom stereocenters. The number of hydrogen-bond acceptors (Lipinski definition) is 3. The van der Waals surface area contributed by atoms with E-state index < -0.39 is 13.7 Å². The molecule has 0 saturated heterocycles. The zero-order valence-electron chi connectivity index (χ0n) is 46.9. The number of aromatic nitrogens is 3. The Morgan fingerprint density at radius 1 is 0.620 bits per heavy atom. The van der Waals surface area contributed by atoms with Gasteiger partial charge in [0.15, 0.2) is 0 Å². The van der Waals surface area contributed by atoms with Crippen molar-refractivity contribution in [3.05, 3.63) is 210 Å². The molecule has 0 saturated carbocycles. The van der Waals surface area contributed by atoms with Crippen LogP contribution in [0.1, 0.15) is 96.3 Å². The minimum Gasteiger partial charge on any atom is -0.501 e. The maximum absolute atomic E-state index is 7.69. The van der Waals surface area contributed by atoms with Gasteiger partial charge >= 0.3 is 0 Å². The van der Waals surface area contributed by atoms with E-state index in [4.69, 9.17) is 17.6 Å². The third kappa shape index (κ3) is 8.66. The van der Waals surface area contributed by atoms with E-state index in [2.05, 4.69) is 183 Å². The van der Waals surface area contributed by atoms with E-state index in [9.17, 15) is 0 Å². The summed E-state index contributed by atoms with van der Waals surface area (Å²) in [6, 6.07) is 63.1. The Bertz CT molecular complexity index is 4160. The molecule has 0 atom stereocenters. The van der Waals surface area contributed by atoms with Gasteiger partial charge in [-0.15, -0.1) is 53.6 Å².